The maximum atomic E-state index is 11.4. The molecule has 2 aromatic rings. The van der Waals surface area contributed by atoms with E-state index in [1.54, 1.807) is 24.4 Å². The van der Waals surface area contributed by atoms with Gasteiger partial charge in [0.2, 0.25) is 5.13 Å². The molecule has 0 spiro atoms. The van der Waals surface area contributed by atoms with Crippen LogP contribution in [0.1, 0.15) is 18.2 Å². The smallest absolute Gasteiger partial charge is 0.311 e. The Hall–Kier alpha value is -2.27. The van der Waals surface area contributed by atoms with Crippen LogP contribution in [0.2, 0.25) is 10.0 Å². The number of thiazole rings is 1. The highest BCUT2D eigenvalue weighted by Crippen LogP contribution is 2.33. The minimum Gasteiger partial charge on any atom is -0.478 e. The Morgan fingerprint density at radius 2 is 2.19 bits per heavy atom. The summed E-state index contributed by atoms with van der Waals surface area (Å²) in [4.78, 5) is 15.7. The molecule has 1 aromatic carbocycles. The summed E-state index contributed by atoms with van der Waals surface area (Å²) in [5, 5.41) is 7.06. The first-order valence-electron chi connectivity index (χ1n) is 7.48. The van der Waals surface area contributed by atoms with Crippen molar-refractivity contribution in [2.75, 3.05) is 18.6 Å². The zero-order valence-electron chi connectivity index (χ0n) is 13.8. The zero-order valence-corrected chi connectivity index (χ0v) is 16.1. The minimum absolute atomic E-state index is 0.0760. The van der Waals surface area contributed by atoms with Crippen molar-refractivity contribution in [2.24, 2.45) is 5.10 Å². The number of carbonyl (C=O) groups is 1. The summed E-state index contributed by atoms with van der Waals surface area (Å²) >= 11 is 13.6. The van der Waals surface area contributed by atoms with E-state index in [2.05, 4.69) is 21.4 Å². The molecule has 0 saturated carbocycles. The van der Waals surface area contributed by atoms with Crippen LogP contribution in [0.25, 0.3) is 0 Å². The third-order valence-electron chi connectivity index (χ3n) is 2.88. The molecule has 0 unspecified atom stereocenters. The van der Waals surface area contributed by atoms with Gasteiger partial charge in [-0.25, -0.2) is 4.98 Å². The lowest BCUT2D eigenvalue weighted by Crippen LogP contribution is -2.07. The second-order valence-corrected chi connectivity index (χ2v) is 6.47. The van der Waals surface area contributed by atoms with Crippen molar-refractivity contribution in [1.29, 1.82) is 0 Å². The van der Waals surface area contributed by atoms with Crippen LogP contribution in [0.3, 0.4) is 0 Å². The first-order valence-corrected chi connectivity index (χ1v) is 9.11. The monoisotopic (exact) mass is 411 g/mol. The Morgan fingerprint density at radius 1 is 1.46 bits per heavy atom. The second-order valence-electron chi connectivity index (χ2n) is 4.80. The molecule has 0 fully saturated rings. The Balaban J connectivity index is 1.97. The van der Waals surface area contributed by atoms with Crippen molar-refractivity contribution in [2.45, 2.75) is 13.3 Å². The third kappa shape index (κ3) is 5.92. The fourth-order valence-corrected chi connectivity index (χ4v) is 3.14. The molecule has 0 aliphatic heterocycles. The zero-order chi connectivity index (χ0) is 18.9. The number of rotatable bonds is 8. The lowest BCUT2D eigenvalue weighted by atomic mass is 10.2. The molecule has 0 aliphatic carbocycles. The Bertz CT molecular complexity index is 823. The lowest BCUT2D eigenvalue weighted by Gasteiger charge is -2.08. The van der Waals surface area contributed by atoms with Crippen LogP contribution in [0, 0.1) is 12.3 Å². The van der Waals surface area contributed by atoms with E-state index in [1.807, 2.05) is 0 Å². The number of carbonyl (C=O) groups excluding carboxylic acids is 1. The fourth-order valence-electron chi connectivity index (χ4n) is 1.87. The minimum atomic E-state index is -0.315. The van der Waals surface area contributed by atoms with Crippen molar-refractivity contribution in [3.63, 3.8) is 0 Å². The molecule has 0 amide bonds. The normalized spacial score (nSPS) is 10.5. The van der Waals surface area contributed by atoms with E-state index in [0.717, 1.165) is 0 Å². The summed E-state index contributed by atoms with van der Waals surface area (Å²) in [5.41, 5.74) is 4.08. The number of anilines is 1. The summed E-state index contributed by atoms with van der Waals surface area (Å²) < 4.78 is 10.2. The van der Waals surface area contributed by atoms with Gasteiger partial charge < -0.3 is 9.47 Å². The second kappa shape index (κ2) is 10.0. The molecule has 0 radical (unpaired) electrons. The number of hydrogen-bond donors (Lipinski definition) is 1. The van der Waals surface area contributed by atoms with Crippen molar-refractivity contribution >= 4 is 51.9 Å². The fraction of sp³-hybridized carbons (Fsp3) is 0.235. The van der Waals surface area contributed by atoms with Gasteiger partial charge in [0.05, 0.1) is 35.0 Å². The number of nitrogens with zero attached hydrogens (tertiary/aromatic N) is 2. The standard InChI is InChI=1S/C17H15Cl2N3O3S/c1-3-5-25-16-13(18)6-11(7-14(16)19)9-20-22-17-21-12(10-26-17)8-15(23)24-4-2/h1,6-7,9-10H,4-5,8H2,2H3,(H,21,22). The molecule has 1 N–H and O–H groups in total. The first kappa shape index (κ1) is 20.0. The van der Waals surface area contributed by atoms with Crippen molar-refractivity contribution in [3.8, 4) is 18.1 Å². The Morgan fingerprint density at radius 3 is 2.85 bits per heavy atom. The molecule has 1 heterocycles. The van der Waals surface area contributed by atoms with E-state index >= 15 is 0 Å². The predicted octanol–water partition coefficient (Wildman–Crippen LogP) is 4.01. The number of esters is 1. The molecule has 0 saturated heterocycles. The molecular formula is C17H15Cl2N3O3S. The van der Waals surface area contributed by atoms with E-state index in [4.69, 9.17) is 39.1 Å². The van der Waals surface area contributed by atoms with Gasteiger partial charge in [-0.1, -0.05) is 29.1 Å². The van der Waals surface area contributed by atoms with Gasteiger partial charge in [-0.15, -0.1) is 17.8 Å². The number of benzene rings is 1. The molecule has 2 rings (SSSR count). The SMILES string of the molecule is C#CCOc1c(Cl)cc(C=NNc2nc(CC(=O)OCC)cs2)cc1Cl. The number of aromatic nitrogens is 1. The number of hydrazone groups is 1. The highest BCUT2D eigenvalue weighted by molar-refractivity contribution is 7.13. The topological polar surface area (TPSA) is 72.8 Å². The summed E-state index contributed by atoms with van der Waals surface area (Å²) in [6, 6.07) is 3.30. The molecule has 0 bridgehead atoms. The molecule has 136 valence electrons. The van der Waals surface area contributed by atoms with Crippen LogP contribution in [0.5, 0.6) is 5.75 Å². The van der Waals surface area contributed by atoms with Gasteiger partial charge in [0.15, 0.2) is 5.75 Å². The highest BCUT2D eigenvalue weighted by Gasteiger charge is 2.09. The highest BCUT2D eigenvalue weighted by atomic mass is 35.5. The van der Waals surface area contributed by atoms with Crippen molar-refractivity contribution in [1.82, 2.24) is 4.98 Å². The molecule has 0 atom stereocenters. The summed E-state index contributed by atoms with van der Waals surface area (Å²) in [5.74, 6) is 2.37. The maximum Gasteiger partial charge on any atom is 0.311 e. The number of hydrogen-bond acceptors (Lipinski definition) is 7. The summed E-state index contributed by atoms with van der Waals surface area (Å²) in [7, 11) is 0. The van der Waals surface area contributed by atoms with Crippen LogP contribution in [0.15, 0.2) is 22.6 Å². The molecule has 0 aliphatic rings. The van der Waals surface area contributed by atoms with Gasteiger partial charge in [0.25, 0.3) is 0 Å². The van der Waals surface area contributed by atoms with E-state index in [0.29, 0.717) is 38.8 Å². The molecule has 26 heavy (non-hydrogen) atoms. The summed E-state index contributed by atoms with van der Waals surface area (Å²) in [6.45, 7) is 2.18. The third-order valence-corrected chi connectivity index (χ3v) is 4.23. The average molecular weight is 412 g/mol. The van der Waals surface area contributed by atoms with Crippen LogP contribution < -0.4 is 10.2 Å². The van der Waals surface area contributed by atoms with E-state index in [1.165, 1.54) is 17.6 Å². The van der Waals surface area contributed by atoms with Crippen LogP contribution in [-0.4, -0.2) is 30.4 Å². The molecule has 9 heteroatoms. The molecule has 6 nitrogen and oxygen atoms in total. The van der Waals surface area contributed by atoms with Gasteiger partial charge in [-0.3, -0.25) is 10.2 Å². The van der Waals surface area contributed by atoms with Crippen LogP contribution in [0.4, 0.5) is 5.13 Å². The number of nitrogens with one attached hydrogen (secondary N) is 1. The van der Waals surface area contributed by atoms with E-state index in [-0.39, 0.29) is 19.0 Å². The van der Waals surface area contributed by atoms with Gasteiger partial charge in [-0.2, -0.15) is 5.10 Å². The summed E-state index contributed by atoms with van der Waals surface area (Å²) in [6.07, 6.45) is 6.81. The largest absolute Gasteiger partial charge is 0.478 e. The Kier molecular flexibility index (Phi) is 7.73. The number of halogens is 2. The van der Waals surface area contributed by atoms with Crippen LogP contribution in [-0.2, 0) is 16.0 Å². The van der Waals surface area contributed by atoms with Crippen LogP contribution >= 0.6 is 34.5 Å². The maximum absolute atomic E-state index is 11.4. The van der Waals surface area contributed by atoms with Gasteiger partial charge in [0, 0.05) is 5.38 Å². The first-order chi connectivity index (χ1) is 12.5. The van der Waals surface area contributed by atoms with E-state index in [9.17, 15) is 4.79 Å². The van der Waals surface area contributed by atoms with Gasteiger partial charge in [0.1, 0.15) is 6.61 Å². The van der Waals surface area contributed by atoms with Gasteiger partial charge >= 0.3 is 5.97 Å². The number of ether oxygens (including phenoxy) is 2. The van der Waals surface area contributed by atoms with E-state index < -0.39 is 0 Å². The molecule has 1 aromatic heterocycles. The quantitative estimate of drug-likeness (QED) is 0.307. The molecular weight excluding hydrogens is 397 g/mol. The van der Waals surface area contributed by atoms with Crippen molar-refractivity contribution in [3.05, 3.63) is 38.8 Å². The van der Waals surface area contributed by atoms with Crippen molar-refractivity contribution < 1.29 is 14.3 Å². The number of terminal acetylenes is 1. The van der Waals surface area contributed by atoms with Gasteiger partial charge in [-0.05, 0) is 24.6 Å². The average Bonchev–Trinajstić information content (AvgIpc) is 3.01. The lowest BCUT2D eigenvalue weighted by molar-refractivity contribution is -0.142. The predicted molar refractivity (Wildman–Crippen MR) is 104 cm³/mol. The Labute approximate surface area is 165 Å².